The molecule has 0 bridgehead atoms. The lowest BCUT2D eigenvalue weighted by molar-refractivity contribution is -0.137. The third-order valence-electron chi connectivity index (χ3n) is 3.60. The predicted octanol–water partition coefficient (Wildman–Crippen LogP) is 4.14. The Labute approximate surface area is 154 Å². The molecule has 0 saturated heterocycles. The molecular formula is C18H18ClF3N2O2. The van der Waals surface area contributed by atoms with Crippen LogP contribution >= 0.6 is 11.6 Å². The second kappa shape index (κ2) is 8.91. The van der Waals surface area contributed by atoms with E-state index in [1.165, 1.54) is 0 Å². The number of benzene rings is 2. The first kappa shape index (κ1) is 20.1. The Kier molecular flexibility index (Phi) is 6.88. The Morgan fingerprint density at radius 1 is 1.15 bits per heavy atom. The molecule has 0 aliphatic heterocycles. The van der Waals surface area contributed by atoms with Gasteiger partial charge in [0.15, 0.2) is 0 Å². The number of hydrogen-bond donors (Lipinski definition) is 2. The molecule has 2 rings (SSSR count). The summed E-state index contributed by atoms with van der Waals surface area (Å²) in [5, 5.41) is 5.37. The molecule has 0 spiro atoms. The van der Waals surface area contributed by atoms with Crippen LogP contribution in [0.25, 0.3) is 0 Å². The van der Waals surface area contributed by atoms with Crippen LogP contribution in [-0.2, 0) is 17.4 Å². The molecule has 2 aromatic rings. The first-order valence-electron chi connectivity index (χ1n) is 7.80. The third kappa shape index (κ3) is 5.93. The molecule has 4 nitrogen and oxygen atoms in total. The van der Waals surface area contributed by atoms with Crippen molar-refractivity contribution in [3.63, 3.8) is 0 Å². The van der Waals surface area contributed by atoms with E-state index in [9.17, 15) is 18.0 Å². The largest absolute Gasteiger partial charge is 0.497 e. The van der Waals surface area contributed by atoms with E-state index in [0.29, 0.717) is 13.0 Å². The summed E-state index contributed by atoms with van der Waals surface area (Å²) in [7, 11) is 1.59. The van der Waals surface area contributed by atoms with Crippen molar-refractivity contribution < 1.29 is 22.7 Å². The summed E-state index contributed by atoms with van der Waals surface area (Å²) >= 11 is 5.84. The monoisotopic (exact) mass is 386 g/mol. The van der Waals surface area contributed by atoms with Crippen LogP contribution in [0.2, 0.25) is 5.02 Å². The van der Waals surface area contributed by atoms with Gasteiger partial charge >= 0.3 is 6.18 Å². The maximum Gasteiger partial charge on any atom is 0.416 e. The topological polar surface area (TPSA) is 50.4 Å². The summed E-state index contributed by atoms with van der Waals surface area (Å²) in [4.78, 5) is 11.9. The van der Waals surface area contributed by atoms with Crippen molar-refractivity contribution in [2.75, 3.05) is 25.5 Å². The second-order valence-electron chi connectivity index (χ2n) is 5.52. The molecular weight excluding hydrogens is 369 g/mol. The van der Waals surface area contributed by atoms with Crippen LogP contribution < -0.4 is 15.4 Å². The lowest BCUT2D eigenvalue weighted by Gasteiger charge is -2.12. The smallest absolute Gasteiger partial charge is 0.416 e. The maximum atomic E-state index is 12.7. The van der Waals surface area contributed by atoms with Crippen LogP contribution in [0.15, 0.2) is 42.5 Å². The summed E-state index contributed by atoms with van der Waals surface area (Å²) in [6.07, 6.45) is -3.80. The first-order valence-corrected chi connectivity index (χ1v) is 8.17. The van der Waals surface area contributed by atoms with Gasteiger partial charge in [-0.2, -0.15) is 13.2 Å². The summed E-state index contributed by atoms with van der Waals surface area (Å²) in [5.41, 5.74) is 0.132. The van der Waals surface area contributed by atoms with Crippen LogP contribution in [0.3, 0.4) is 0 Å². The molecule has 0 saturated carbocycles. The number of halogens is 4. The first-order chi connectivity index (χ1) is 12.3. The molecule has 0 atom stereocenters. The van der Waals surface area contributed by atoms with Gasteiger partial charge < -0.3 is 15.4 Å². The number of rotatable bonds is 7. The minimum absolute atomic E-state index is 0.0390. The lowest BCUT2D eigenvalue weighted by Crippen LogP contribution is -2.29. The summed E-state index contributed by atoms with van der Waals surface area (Å²) < 4.78 is 43.2. The molecule has 2 N–H and O–H groups in total. The predicted molar refractivity (Wildman–Crippen MR) is 94.7 cm³/mol. The normalized spacial score (nSPS) is 11.3. The summed E-state index contributed by atoms with van der Waals surface area (Å²) in [6.45, 7) is 0.499. The Balaban J connectivity index is 1.81. The highest BCUT2D eigenvalue weighted by Gasteiger charge is 2.31. The van der Waals surface area contributed by atoms with E-state index >= 15 is 0 Å². The number of carbonyl (C=O) groups excluding carboxylic acids is 1. The molecule has 0 heterocycles. The third-order valence-corrected chi connectivity index (χ3v) is 3.93. The van der Waals surface area contributed by atoms with E-state index in [-0.39, 0.29) is 17.3 Å². The number of hydrogen-bond acceptors (Lipinski definition) is 3. The van der Waals surface area contributed by atoms with Crippen LogP contribution in [0.1, 0.15) is 11.1 Å². The fourth-order valence-corrected chi connectivity index (χ4v) is 2.38. The van der Waals surface area contributed by atoms with Crippen molar-refractivity contribution in [3.05, 3.63) is 58.6 Å². The van der Waals surface area contributed by atoms with Crippen LogP contribution in [0.4, 0.5) is 18.9 Å². The van der Waals surface area contributed by atoms with Crippen molar-refractivity contribution in [1.82, 2.24) is 5.32 Å². The van der Waals surface area contributed by atoms with E-state index in [2.05, 4.69) is 10.6 Å². The van der Waals surface area contributed by atoms with Crippen LogP contribution in [-0.4, -0.2) is 26.1 Å². The van der Waals surface area contributed by atoms with Gasteiger partial charge in [-0.05, 0) is 48.9 Å². The number of nitrogens with one attached hydrogen (secondary N) is 2. The van der Waals surface area contributed by atoms with Gasteiger partial charge in [0.2, 0.25) is 5.91 Å². The van der Waals surface area contributed by atoms with Gasteiger partial charge in [0.25, 0.3) is 0 Å². The van der Waals surface area contributed by atoms with Crippen molar-refractivity contribution in [2.45, 2.75) is 12.6 Å². The zero-order valence-corrected chi connectivity index (χ0v) is 14.7. The Bertz CT molecular complexity index is 749. The van der Waals surface area contributed by atoms with Gasteiger partial charge in [-0.15, -0.1) is 0 Å². The summed E-state index contributed by atoms with van der Waals surface area (Å²) in [6, 6.07) is 10.3. The van der Waals surface area contributed by atoms with Gasteiger partial charge in [-0.25, -0.2) is 0 Å². The summed E-state index contributed by atoms with van der Waals surface area (Å²) in [5.74, 6) is 0.292. The molecule has 0 aromatic heterocycles. The zero-order chi connectivity index (χ0) is 19.2. The Morgan fingerprint density at radius 3 is 2.46 bits per heavy atom. The van der Waals surface area contributed by atoms with Gasteiger partial charge in [0, 0.05) is 0 Å². The van der Waals surface area contributed by atoms with E-state index in [0.717, 1.165) is 29.5 Å². The van der Waals surface area contributed by atoms with Gasteiger partial charge in [-0.3, -0.25) is 4.79 Å². The second-order valence-corrected chi connectivity index (χ2v) is 5.92. The van der Waals surface area contributed by atoms with Crippen molar-refractivity contribution >= 4 is 23.2 Å². The Morgan fingerprint density at radius 2 is 1.85 bits per heavy atom. The molecule has 0 aliphatic carbocycles. The highest BCUT2D eigenvalue weighted by atomic mass is 35.5. The molecule has 0 fully saturated rings. The standard InChI is InChI=1S/C18H18ClF3N2O2/c1-26-14-5-2-12(3-6-14)8-9-23-11-17(25)24-16-10-13(18(20,21)22)4-7-15(16)19/h2-7,10,23H,8-9,11H2,1H3,(H,24,25). The van der Waals surface area contributed by atoms with Gasteiger partial charge in [-0.1, -0.05) is 23.7 Å². The highest BCUT2D eigenvalue weighted by Crippen LogP contribution is 2.33. The minimum atomic E-state index is -4.50. The number of carbonyl (C=O) groups is 1. The molecule has 0 unspecified atom stereocenters. The molecule has 140 valence electrons. The zero-order valence-electron chi connectivity index (χ0n) is 14.0. The number of alkyl halides is 3. The maximum absolute atomic E-state index is 12.7. The average molecular weight is 387 g/mol. The fraction of sp³-hybridized carbons (Fsp3) is 0.278. The van der Waals surface area contributed by atoms with E-state index in [4.69, 9.17) is 16.3 Å². The lowest BCUT2D eigenvalue weighted by atomic mass is 10.1. The molecule has 0 aliphatic rings. The number of amides is 1. The van der Waals surface area contributed by atoms with Crippen molar-refractivity contribution in [2.24, 2.45) is 0 Å². The van der Waals surface area contributed by atoms with E-state index < -0.39 is 17.6 Å². The fourth-order valence-electron chi connectivity index (χ4n) is 2.22. The molecule has 26 heavy (non-hydrogen) atoms. The van der Waals surface area contributed by atoms with Crippen molar-refractivity contribution in [3.8, 4) is 5.75 Å². The molecule has 0 radical (unpaired) electrons. The van der Waals surface area contributed by atoms with Crippen LogP contribution in [0.5, 0.6) is 5.75 Å². The SMILES string of the molecule is COc1ccc(CCNCC(=O)Nc2cc(C(F)(F)F)ccc2Cl)cc1. The van der Waals surface area contributed by atoms with Crippen molar-refractivity contribution in [1.29, 1.82) is 0 Å². The minimum Gasteiger partial charge on any atom is -0.497 e. The average Bonchev–Trinajstić information content (AvgIpc) is 2.60. The van der Waals surface area contributed by atoms with E-state index in [1.54, 1.807) is 7.11 Å². The number of methoxy groups -OCH3 is 1. The quantitative estimate of drug-likeness (QED) is 0.703. The molecule has 2 aromatic carbocycles. The van der Waals surface area contributed by atoms with E-state index in [1.807, 2.05) is 24.3 Å². The highest BCUT2D eigenvalue weighted by molar-refractivity contribution is 6.33. The Hall–Kier alpha value is -2.25. The molecule has 1 amide bonds. The number of anilines is 1. The molecule has 8 heteroatoms. The van der Waals surface area contributed by atoms with Gasteiger partial charge in [0.05, 0.1) is 29.9 Å². The van der Waals surface area contributed by atoms with Gasteiger partial charge in [0.1, 0.15) is 5.75 Å². The van der Waals surface area contributed by atoms with Crippen LogP contribution in [0, 0.1) is 0 Å². The number of ether oxygens (including phenoxy) is 1.